The number of benzene rings is 2. The zero-order valence-electron chi connectivity index (χ0n) is 18.5. The number of methoxy groups -OCH3 is 2. The number of rotatable bonds is 8. The van der Waals surface area contributed by atoms with Crippen LogP contribution in [-0.4, -0.2) is 42.9 Å². The van der Waals surface area contributed by atoms with Gasteiger partial charge in [0.05, 0.1) is 33.2 Å². The summed E-state index contributed by atoms with van der Waals surface area (Å²) >= 11 is 0. The lowest BCUT2D eigenvalue weighted by atomic mass is 10.1. The Morgan fingerprint density at radius 2 is 1.71 bits per heavy atom. The lowest BCUT2D eigenvalue weighted by Gasteiger charge is -2.12. The molecule has 1 amide bonds. The van der Waals surface area contributed by atoms with Crippen LogP contribution >= 0.6 is 0 Å². The summed E-state index contributed by atoms with van der Waals surface area (Å²) in [7, 11) is 2.98. The van der Waals surface area contributed by atoms with Crippen LogP contribution in [0.3, 0.4) is 0 Å². The van der Waals surface area contributed by atoms with E-state index in [4.69, 9.17) is 14.2 Å². The molecule has 1 N–H and O–H groups in total. The average Bonchev–Trinajstić information content (AvgIpc) is 2.83. The summed E-state index contributed by atoms with van der Waals surface area (Å²) in [5.74, 6) is 0.686. The van der Waals surface area contributed by atoms with E-state index in [0.29, 0.717) is 29.4 Å². The maximum absolute atomic E-state index is 13.5. The van der Waals surface area contributed by atoms with Crippen LogP contribution in [0.15, 0.2) is 53.8 Å². The number of carbonyl (C=O) groups excluding carboxylic acids is 1. The Kier molecular flexibility index (Phi) is 7.67. The van der Waals surface area contributed by atoms with E-state index in [1.54, 1.807) is 25.1 Å². The standard InChI is InChI=1S/C23H21F3N4O4/c1-4-34-16-7-5-15(6-8-16)20-21(23(24,25)26)27-13-19(29-20)22(31)30-28-12-14-9-17(32-2)11-18(10-14)33-3/h5-13H,4H2,1-3H3,(H,30,31)/b28-12+. The second kappa shape index (κ2) is 10.6. The van der Waals surface area contributed by atoms with Crippen molar-refractivity contribution in [2.75, 3.05) is 20.8 Å². The molecular weight excluding hydrogens is 453 g/mol. The summed E-state index contributed by atoms with van der Waals surface area (Å²) in [6, 6.07) is 10.8. The van der Waals surface area contributed by atoms with Crippen LogP contribution in [0.2, 0.25) is 0 Å². The van der Waals surface area contributed by atoms with Gasteiger partial charge in [0.1, 0.15) is 28.6 Å². The molecule has 2 aromatic carbocycles. The monoisotopic (exact) mass is 474 g/mol. The number of hydrogen-bond donors (Lipinski definition) is 1. The molecule has 0 fully saturated rings. The lowest BCUT2D eigenvalue weighted by Crippen LogP contribution is -2.21. The van der Waals surface area contributed by atoms with Crippen molar-refractivity contribution >= 4 is 12.1 Å². The quantitative estimate of drug-likeness (QED) is 0.386. The van der Waals surface area contributed by atoms with Gasteiger partial charge in [-0.05, 0) is 43.3 Å². The van der Waals surface area contributed by atoms with Gasteiger partial charge in [-0.3, -0.25) is 4.79 Å². The molecule has 34 heavy (non-hydrogen) atoms. The first kappa shape index (κ1) is 24.5. The largest absolute Gasteiger partial charge is 0.497 e. The Bertz CT molecular complexity index is 1160. The van der Waals surface area contributed by atoms with E-state index in [1.807, 2.05) is 0 Å². The minimum atomic E-state index is -4.76. The van der Waals surface area contributed by atoms with Crippen LogP contribution in [0.5, 0.6) is 17.2 Å². The Hall–Kier alpha value is -4.15. The highest BCUT2D eigenvalue weighted by Crippen LogP contribution is 2.35. The van der Waals surface area contributed by atoms with Gasteiger partial charge in [0.25, 0.3) is 5.91 Å². The Morgan fingerprint density at radius 1 is 1.06 bits per heavy atom. The van der Waals surface area contributed by atoms with Crippen molar-refractivity contribution in [3.63, 3.8) is 0 Å². The molecule has 0 saturated carbocycles. The number of nitrogens with zero attached hydrogens (tertiary/aromatic N) is 3. The fraction of sp³-hybridized carbons (Fsp3) is 0.217. The van der Waals surface area contributed by atoms with Gasteiger partial charge in [-0.2, -0.15) is 18.3 Å². The van der Waals surface area contributed by atoms with Gasteiger partial charge in [0.2, 0.25) is 0 Å². The molecule has 0 unspecified atom stereocenters. The van der Waals surface area contributed by atoms with Crippen LogP contribution in [0.1, 0.15) is 28.7 Å². The van der Waals surface area contributed by atoms with E-state index in [9.17, 15) is 18.0 Å². The lowest BCUT2D eigenvalue weighted by molar-refractivity contribution is -0.140. The molecule has 11 heteroatoms. The molecule has 0 atom stereocenters. The summed E-state index contributed by atoms with van der Waals surface area (Å²) in [4.78, 5) is 19.9. The normalized spacial score (nSPS) is 11.4. The molecule has 0 aliphatic rings. The maximum Gasteiger partial charge on any atom is 0.435 e. The van der Waals surface area contributed by atoms with E-state index in [2.05, 4.69) is 20.5 Å². The summed E-state index contributed by atoms with van der Waals surface area (Å²) in [5.41, 5.74) is 0.894. The smallest absolute Gasteiger partial charge is 0.435 e. The number of alkyl halides is 3. The molecule has 0 spiro atoms. The Morgan fingerprint density at radius 3 is 2.26 bits per heavy atom. The molecule has 8 nitrogen and oxygen atoms in total. The number of amides is 1. The van der Waals surface area contributed by atoms with Crippen molar-refractivity contribution in [2.24, 2.45) is 5.10 Å². The SMILES string of the molecule is CCOc1ccc(-c2nc(C(=O)N/N=C/c3cc(OC)cc(OC)c3)cnc2C(F)(F)F)cc1. The topological polar surface area (TPSA) is 94.9 Å². The number of halogens is 3. The predicted molar refractivity (Wildman–Crippen MR) is 118 cm³/mol. The Balaban J connectivity index is 1.86. The maximum atomic E-state index is 13.5. The van der Waals surface area contributed by atoms with Crippen LogP contribution in [-0.2, 0) is 6.18 Å². The zero-order valence-corrected chi connectivity index (χ0v) is 18.5. The van der Waals surface area contributed by atoms with Crippen LogP contribution in [0.4, 0.5) is 13.2 Å². The van der Waals surface area contributed by atoms with Gasteiger partial charge in [0, 0.05) is 17.2 Å². The van der Waals surface area contributed by atoms with Crippen LogP contribution < -0.4 is 19.6 Å². The fourth-order valence-corrected chi connectivity index (χ4v) is 2.91. The van der Waals surface area contributed by atoms with Gasteiger partial charge in [-0.1, -0.05) is 0 Å². The highest BCUT2D eigenvalue weighted by Gasteiger charge is 2.37. The number of hydrazone groups is 1. The van der Waals surface area contributed by atoms with Crippen LogP contribution in [0, 0.1) is 0 Å². The first-order valence-electron chi connectivity index (χ1n) is 9.99. The molecule has 1 heterocycles. The minimum Gasteiger partial charge on any atom is -0.497 e. The molecule has 0 bridgehead atoms. The third-order valence-electron chi connectivity index (χ3n) is 4.47. The van der Waals surface area contributed by atoms with Crippen molar-refractivity contribution < 1.29 is 32.2 Å². The van der Waals surface area contributed by atoms with E-state index < -0.39 is 23.5 Å². The second-order valence-electron chi connectivity index (χ2n) is 6.75. The van der Waals surface area contributed by atoms with E-state index in [0.717, 1.165) is 6.20 Å². The fourth-order valence-electron chi connectivity index (χ4n) is 2.91. The van der Waals surface area contributed by atoms with E-state index >= 15 is 0 Å². The predicted octanol–water partition coefficient (Wildman–Crippen LogP) is 4.34. The van der Waals surface area contributed by atoms with Gasteiger partial charge in [0.15, 0.2) is 5.69 Å². The highest BCUT2D eigenvalue weighted by atomic mass is 19.4. The minimum absolute atomic E-state index is 0.130. The molecular formula is C23H21F3N4O4. The van der Waals surface area contributed by atoms with Gasteiger partial charge in [-0.15, -0.1) is 0 Å². The molecule has 1 aromatic heterocycles. The summed E-state index contributed by atoms with van der Waals surface area (Å²) < 4.78 is 56.2. The first-order valence-corrected chi connectivity index (χ1v) is 9.99. The van der Waals surface area contributed by atoms with Gasteiger partial charge in [-0.25, -0.2) is 15.4 Å². The molecule has 0 saturated heterocycles. The molecule has 0 aliphatic heterocycles. The van der Waals surface area contributed by atoms with E-state index in [-0.39, 0.29) is 11.3 Å². The third-order valence-corrected chi connectivity index (χ3v) is 4.47. The van der Waals surface area contributed by atoms with Gasteiger partial charge < -0.3 is 14.2 Å². The van der Waals surface area contributed by atoms with Crippen molar-refractivity contribution in [2.45, 2.75) is 13.1 Å². The van der Waals surface area contributed by atoms with Crippen molar-refractivity contribution in [3.05, 3.63) is 65.6 Å². The third kappa shape index (κ3) is 6.00. The first-order chi connectivity index (χ1) is 16.2. The number of ether oxygens (including phenoxy) is 3. The van der Waals surface area contributed by atoms with Crippen molar-refractivity contribution in [3.8, 4) is 28.5 Å². The molecule has 3 rings (SSSR count). The van der Waals surface area contributed by atoms with Crippen molar-refractivity contribution in [1.29, 1.82) is 0 Å². The summed E-state index contributed by atoms with van der Waals surface area (Å²) in [6.45, 7) is 2.20. The number of aromatic nitrogens is 2. The molecule has 0 radical (unpaired) electrons. The number of hydrogen-bond acceptors (Lipinski definition) is 7. The average molecular weight is 474 g/mol. The number of carbonyl (C=O) groups is 1. The molecule has 178 valence electrons. The highest BCUT2D eigenvalue weighted by molar-refractivity contribution is 5.93. The number of nitrogens with one attached hydrogen (secondary N) is 1. The second-order valence-corrected chi connectivity index (χ2v) is 6.75. The Labute approximate surface area is 193 Å². The van der Waals surface area contributed by atoms with Gasteiger partial charge >= 0.3 is 6.18 Å². The summed E-state index contributed by atoms with van der Waals surface area (Å²) in [5, 5.41) is 3.83. The zero-order chi connectivity index (χ0) is 24.7. The molecule has 3 aromatic rings. The van der Waals surface area contributed by atoms with E-state index in [1.165, 1.54) is 44.7 Å². The van der Waals surface area contributed by atoms with Crippen LogP contribution in [0.25, 0.3) is 11.3 Å². The van der Waals surface area contributed by atoms with Crippen molar-refractivity contribution in [1.82, 2.24) is 15.4 Å². The molecule has 0 aliphatic carbocycles. The summed E-state index contributed by atoms with van der Waals surface area (Å²) in [6.07, 6.45) is -2.69.